The van der Waals surface area contributed by atoms with E-state index in [4.69, 9.17) is 10.5 Å². The van der Waals surface area contributed by atoms with Crippen molar-refractivity contribution in [1.82, 2.24) is 9.97 Å². The minimum Gasteiger partial charge on any atom is -0.417 e. The number of aromatic nitrogens is 2. The lowest BCUT2D eigenvalue weighted by Crippen LogP contribution is -2.00. The number of ether oxygens (including phenoxy) is 1. The molecule has 2 aromatic rings. The summed E-state index contributed by atoms with van der Waals surface area (Å²) in [7, 11) is 0. The topological polar surface area (TPSA) is 104 Å². The Morgan fingerprint density at radius 2 is 2.00 bits per heavy atom. The number of anilines is 1. The molecule has 1 aromatic carbocycles. The molecule has 0 saturated carbocycles. The van der Waals surface area contributed by atoms with Crippen LogP contribution in [0.1, 0.15) is 0 Å². The number of nitro benzene ring substituents is 1. The van der Waals surface area contributed by atoms with Crippen molar-refractivity contribution >= 4 is 43.4 Å². The van der Waals surface area contributed by atoms with Crippen LogP contribution in [0, 0.1) is 15.9 Å². The van der Waals surface area contributed by atoms with Crippen LogP contribution in [0.25, 0.3) is 0 Å². The summed E-state index contributed by atoms with van der Waals surface area (Å²) in [5.74, 6) is -0.941. The lowest BCUT2D eigenvalue weighted by atomic mass is 10.3. The third-order valence-corrected chi connectivity index (χ3v) is 3.11. The highest BCUT2D eigenvalue weighted by atomic mass is 79.9. The highest BCUT2D eigenvalue weighted by molar-refractivity contribution is 9.10. The van der Waals surface area contributed by atoms with Gasteiger partial charge in [-0.25, -0.2) is 4.39 Å². The Morgan fingerprint density at radius 1 is 1.30 bits per heavy atom. The van der Waals surface area contributed by atoms with E-state index in [1.54, 1.807) is 0 Å². The molecule has 10 heteroatoms. The van der Waals surface area contributed by atoms with Gasteiger partial charge in [0.2, 0.25) is 5.75 Å². The van der Waals surface area contributed by atoms with Gasteiger partial charge in [-0.1, -0.05) is 0 Å². The Kier molecular flexibility index (Phi) is 4.14. The summed E-state index contributed by atoms with van der Waals surface area (Å²) < 4.78 is 18.9. The molecule has 0 fully saturated rings. The van der Waals surface area contributed by atoms with Gasteiger partial charge in [0.1, 0.15) is 16.2 Å². The van der Waals surface area contributed by atoms with Gasteiger partial charge in [-0.15, -0.1) is 0 Å². The molecule has 0 spiro atoms. The molecule has 7 nitrogen and oxygen atoms in total. The van der Waals surface area contributed by atoms with Gasteiger partial charge < -0.3 is 10.5 Å². The lowest BCUT2D eigenvalue weighted by Gasteiger charge is -2.06. The number of benzene rings is 1. The molecule has 0 aliphatic carbocycles. The molecule has 0 aliphatic rings. The first-order valence-electron chi connectivity index (χ1n) is 4.98. The van der Waals surface area contributed by atoms with Crippen molar-refractivity contribution in [1.29, 1.82) is 0 Å². The summed E-state index contributed by atoms with van der Waals surface area (Å²) >= 11 is 5.94. The minimum absolute atomic E-state index is 0.0498. The van der Waals surface area contributed by atoms with E-state index in [0.717, 1.165) is 12.1 Å². The van der Waals surface area contributed by atoms with Gasteiger partial charge >= 0.3 is 11.7 Å². The van der Waals surface area contributed by atoms with Crippen molar-refractivity contribution in [3.05, 3.63) is 43.2 Å². The molecule has 0 radical (unpaired) electrons. The molecule has 0 saturated heterocycles. The van der Waals surface area contributed by atoms with E-state index < -0.39 is 16.4 Å². The van der Waals surface area contributed by atoms with Gasteiger partial charge in [0.25, 0.3) is 0 Å². The van der Waals surface area contributed by atoms with Crippen molar-refractivity contribution in [2.24, 2.45) is 0 Å². The molecule has 0 amide bonds. The number of halogens is 3. The van der Waals surface area contributed by atoms with E-state index in [-0.39, 0.29) is 22.1 Å². The Balaban J connectivity index is 2.47. The molecule has 20 heavy (non-hydrogen) atoms. The molecule has 2 N–H and O–H groups in total. The van der Waals surface area contributed by atoms with Crippen LogP contribution in [-0.4, -0.2) is 14.9 Å². The number of rotatable bonds is 3. The zero-order valence-electron chi connectivity index (χ0n) is 9.51. The van der Waals surface area contributed by atoms with E-state index in [9.17, 15) is 14.5 Å². The highest BCUT2D eigenvalue weighted by Crippen LogP contribution is 2.34. The fourth-order valence-electron chi connectivity index (χ4n) is 1.30. The van der Waals surface area contributed by atoms with Gasteiger partial charge in [0.05, 0.1) is 9.40 Å². The van der Waals surface area contributed by atoms with E-state index in [1.165, 1.54) is 6.07 Å². The average molecular weight is 408 g/mol. The summed E-state index contributed by atoms with van der Waals surface area (Å²) in [6.45, 7) is 0. The van der Waals surface area contributed by atoms with Crippen LogP contribution in [0.2, 0.25) is 0 Å². The Labute approximate surface area is 128 Å². The first kappa shape index (κ1) is 14.6. The molecule has 0 atom stereocenters. The van der Waals surface area contributed by atoms with Crippen molar-refractivity contribution < 1.29 is 14.1 Å². The number of nitrogen functional groups attached to an aromatic ring is 1. The van der Waals surface area contributed by atoms with Crippen molar-refractivity contribution in [3.63, 3.8) is 0 Å². The van der Waals surface area contributed by atoms with Crippen LogP contribution in [0.4, 0.5) is 15.9 Å². The number of nitro groups is 1. The zero-order chi connectivity index (χ0) is 14.9. The highest BCUT2D eigenvalue weighted by Gasteiger charge is 2.20. The standard InChI is InChI=1S/C10H5Br2FN4O3/c11-4-1-6(17(18)19)7(2-5(4)13)20-10-15-8(12)3-9(14)16-10/h1-3H,(H2,14,15,16). The largest absolute Gasteiger partial charge is 0.417 e. The normalized spacial score (nSPS) is 10.3. The lowest BCUT2D eigenvalue weighted by molar-refractivity contribution is -0.385. The SMILES string of the molecule is Nc1cc(Br)nc(Oc2cc(F)c(Br)cc2[N+](=O)[O-])n1. The second kappa shape index (κ2) is 5.67. The van der Waals surface area contributed by atoms with Gasteiger partial charge in [0, 0.05) is 18.2 Å². The van der Waals surface area contributed by atoms with Crippen LogP contribution >= 0.6 is 31.9 Å². The number of nitrogens with zero attached hydrogens (tertiary/aromatic N) is 3. The maximum absolute atomic E-state index is 13.5. The van der Waals surface area contributed by atoms with E-state index in [0.29, 0.717) is 4.60 Å². The second-order valence-corrected chi connectivity index (χ2v) is 5.16. The number of nitrogens with two attached hydrogens (primary N) is 1. The fourth-order valence-corrected chi connectivity index (χ4v) is 2.02. The van der Waals surface area contributed by atoms with Crippen LogP contribution < -0.4 is 10.5 Å². The van der Waals surface area contributed by atoms with Crippen LogP contribution in [0.15, 0.2) is 27.3 Å². The molecule has 0 aliphatic heterocycles. The van der Waals surface area contributed by atoms with E-state index >= 15 is 0 Å². The van der Waals surface area contributed by atoms with Crippen LogP contribution in [-0.2, 0) is 0 Å². The fraction of sp³-hybridized carbons (Fsp3) is 0. The maximum atomic E-state index is 13.5. The molecule has 0 unspecified atom stereocenters. The molecular weight excluding hydrogens is 403 g/mol. The Bertz CT molecular complexity index is 678. The molecule has 1 heterocycles. The monoisotopic (exact) mass is 406 g/mol. The second-order valence-electron chi connectivity index (χ2n) is 3.49. The summed E-state index contributed by atoms with van der Waals surface area (Å²) in [6.07, 6.45) is 0. The molecule has 1 aromatic heterocycles. The molecular formula is C10H5Br2FN4O3. The zero-order valence-corrected chi connectivity index (χ0v) is 12.7. The average Bonchev–Trinajstić information content (AvgIpc) is 2.31. The maximum Gasteiger partial charge on any atom is 0.325 e. The van der Waals surface area contributed by atoms with E-state index in [2.05, 4.69) is 41.8 Å². The Hall–Kier alpha value is -1.81. The predicted molar refractivity (Wildman–Crippen MR) is 75.0 cm³/mol. The summed E-state index contributed by atoms with van der Waals surface area (Å²) in [5.41, 5.74) is 5.06. The number of hydrogen-bond acceptors (Lipinski definition) is 6. The third kappa shape index (κ3) is 3.20. The summed E-state index contributed by atoms with van der Waals surface area (Å²) in [6, 6.07) is 3.04. The summed E-state index contributed by atoms with van der Waals surface area (Å²) in [4.78, 5) is 17.8. The first-order chi connectivity index (χ1) is 9.36. The van der Waals surface area contributed by atoms with Crippen molar-refractivity contribution in [2.45, 2.75) is 0 Å². The van der Waals surface area contributed by atoms with Gasteiger partial charge in [-0.3, -0.25) is 10.1 Å². The van der Waals surface area contributed by atoms with Gasteiger partial charge in [-0.05, 0) is 31.9 Å². The molecule has 2 rings (SSSR count). The molecule has 104 valence electrons. The van der Waals surface area contributed by atoms with Crippen molar-refractivity contribution in [3.8, 4) is 11.8 Å². The van der Waals surface area contributed by atoms with Crippen molar-refractivity contribution in [2.75, 3.05) is 5.73 Å². The molecule has 0 bridgehead atoms. The van der Waals surface area contributed by atoms with Gasteiger partial charge in [0.15, 0.2) is 0 Å². The smallest absolute Gasteiger partial charge is 0.325 e. The quantitative estimate of drug-likeness (QED) is 0.474. The number of hydrogen-bond donors (Lipinski definition) is 1. The first-order valence-corrected chi connectivity index (χ1v) is 6.57. The van der Waals surface area contributed by atoms with Crippen LogP contribution in [0.3, 0.4) is 0 Å². The van der Waals surface area contributed by atoms with E-state index in [1.807, 2.05) is 0 Å². The Morgan fingerprint density at radius 3 is 2.60 bits per heavy atom. The van der Waals surface area contributed by atoms with Crippen LogP contribution in [0.5, 0.6) is 11.8 Å². The van der Waals surface area contributed by atoms with Gasteiger partial charge in [-0.2, -0.15) is 9.97 Å². The summed E-state index contributed by atoms with van der Waals surface area (Å²) in [5, 5.41) is 10.9. The minimum atomic E-state index is -0.714. The third-order valence-electron chi connectivity index (χ3n) is 2.09. The predicted octanol–water partition coefficient (Wildman–Crippen LogP) is 3.42.